The van der Waals surface area contributed by atoms with E-state index in [1.165, 1.54) is 64.2 Å². The van der Waals surface area contributed by atoms with Crippen molar-refractivity contribution in [3.8, 4) is 0 Å². The molecule has 0 amide bonds. The third kappa shape index (κ3) is 3.05. The second-order valence-electron chi connectivity index (χ2n) is 6.96. The highest BCUT2D eigenvalue weighted by atomic mass is 15.0. The molecule has 98 valence electrons. The second kappa shape index (κ2) is 5.30. The molecule has 0 saturated heterocycles. The highest BCUT2D eigenvalue weighted by Gasteiger charge is 2.35. The van der Waals surface area contributed by atoms with Gasteiger partial charge in [0.25, 0.3) is 0 Å². The van der Waals surface area contributed by atoms with Crippen LogP contribution < -0.4 is 5.32 Å². The summed E-state index contributed by atoms with van der Waals surface area (Å²) in [6.45, 7) is 2.44. The van der Waals surface area contributed by atoms with E-state index < -0.39 is 0 Å². The maximum atomic E-state index is 3.97. The molecule has 3 aliphatic carbocycles. The van der Waals surface area contributed by atoms with Crippen LogP contribution in [0.3, 0.4) is 0 Å². The Kier molecular flexibility index (Phi) is 3.75. The minimum Gasteiger partial charge on any atom is -0.311 e. The summed E-state index contributed by atoms with van der Waals surface area (Å²) in [6, 6.07) is 1.63. The number of hydrogen-bond donors (Lipinski definition) is 1. The molecule has 0 aromatic carbocycles. The molecule has 3 saturated carbocycles. The molecular weight excluding hydrogens is 206 g/mol. The maximum Gasteiger partial charge on any atom is 0.00723 e. The summed E-state index contributed by atoms with van der Waals surface area (Å²) in [5.41, 5.74) is 0. The molecule has 0 radical (unpaired) electrons. The van der Waals surface area contributed by atoms with Crippen LogP contribution in [-0.2, 0) is 0 Å². The minimum atomic E-state index is 0.778. The van der Waals surface area contributed by atoms with Gasteiger partial charge in [-0.25, -0.2) is 0 Å². The number of hydrogen-bond acceptors (Lipinski definition) is 1. The van der Waals surface area contributed by atoms with E-state index in [1.807, 2.05) is 0 Å². The molecule has 3 aliphatic rings. The largest absolute Gasteiger partial charge is 0.311 e. The monoisotopic (exact) mass is 235 g/mol. The Labute approximate surface area is 107 Å². The maximum absolute atomic E-state index is 3.97. The van der Waals surface area contributed by atoms with Crippen molar-refractivity contribution < 1.29 is 0 Å². The molecule has 0 aliphatic heterocycles. The molecule has 0 bridgehead atoms. The summed E-state index contributed by atoms with van der Waals surface area (Å²) in [5.74, 6) is 3.19. The molecule has 3 atom stereocenters. The van der Waals surface area contributed by atoms with Crippen molar-refractivity contribution in [3.63, 3.8) is 0 Å². The van der Waals surface area contributed by atoms with E-state index in [4.69, 9.17) is 0 Å². The van der Waals surface area contributed by atoms with Crippen LogP contribution in [0.2, 0.25) is 0 Å². The van der Waals surface area contributed by atoms with Gasteiger partial charge in [-0.05, 0) is 63.2 Å². The summed E-state index contributed by atoms with van der Waals surface area (Å²) in [7, 11) is 0. The van der Waals surface area contributed by atoms with E-state index >= 15 is 0 Å². The Hall–Kier alpha value is -0.0400. The predicted octanol–water partition coefficient (Wildman–Crippen LogP) is 4.12. The molecule has 17 heavy (non-hydrogen) atoms. The quantitative estimate of drug-likeness (QED) is 0.773. The van der Waals surface area contributed by atoms with Crippen LogP contribution in [0.1, 0.15) is 71.1 Å². The van der Waals surface area contributed by atoms with Crippen LogP contribution >= 0.6 is 0 Å². The first-order valence-electron chi connectivity index (χ1n) is 8.09. The van der Waals surface area contributed by atoms with Crippen molar-refractivity contribution in [1.29, 1.82) is 0 Å². The van der Waals surface area contributed by atoms with Gasteiger partial charge in [0.15, 0.2) is 0 Å². The van der Waals surface area contributed by atoms with E-state index in [0.29, 0.717) is 0 Å². The topological polar surface area (TPSA) is 12.0 Å². The highest BCUT2D eigenvalue weighted by molar-refractivity contribution is 4.89. The Morgan fingerprint density at radius 3 is 2.29 bits per heavy atom. The van der Waals surface area contributed by atoms with Crippen LogP contribution in [0, 0.1) is 17.8 Å². The zero-order valence-corrected chi connectivity index (χ0v) is 11.5. The molecule has 3 fully saturated rings. The summed E-state index contributed by atoms with van der Waals surface area (Å²) in [5, 5.41) is 3.97. The molecule has 0 aromatic rings. The predicted molar refractivity (Wildman–Crippen MR) is 73.0 cm³/mol. The highest BCUT2D eigenvalue weighted by Crippen LogP contribution is 2.44. The van der Waals surface area contributed by atoms with E-state index in [2.05, 4.69) is 12.2 Å². The van der Waals surface area contributed by atoms with Gasteiger partial charge < -0.3 is 5.32 Å². The molecule has 1 nitrogen and oxygen atoms in total. The van der Waals surface area contributed by atoms with Gasteiger partial charge in [0, 0.05) is 12.1 Å². The summed E-state index contributed by atoms with van der Waals surface area (Å²) >= 11 is 0. The lowest BCUT2D eigenvalue weighted by atomic mass is 9.82. The van der Waals surface area contributed by atoms with Gasteiger partial charge in [0.2, 0.25) is 0 Å². The fourth-order valence-corrected chi connectivity index (χ4v) is 4.34. The molecule has 2 unspecified atom stereocenters. The van der Waals surface area contributed by atoms with Crippen molar-refractivity contribution in [2.24, 2.45) is 17.8 Å². The molecular formula is C16H29N. The van der Waals surface area contributed by atoms with Crippen molar-refractivity contribution in [2.45, 2.75) is 83.2 Å². The standard InChI is InChI=1S/C16H29N/c1-12(13-5-2-3-6-13)17-16-8-4-7-15(11-16)14-9-10-14/h12-17H,2-11H2,1H3/t12-,15?,16?/m1/s1. The van der Waals surface area contributed by atoms with Crippen molar-refractivity contribution in [2.75, 3.05) is 0 Å². The second-order valence-corrected chi connectivity index (χ2v) is 6.96. The Bertz CT molecular complexity index is 240. The summed E-state index contributed by atoms with van der Waals surface area (Å²) in [4.78, 5) is 0. The third-order valence-electron chi connectivity index (χ3n) is 5.61. The molecule has 3 rings (SSSR count). The van der Waals surface area contributed by atoms with Gasteiger partial charge >= 0.3 is 0 Å². The summed E-state index contributed by atoms with van der Waals surface area (Å²) < 4.78 is 0. The zero-order valence-electron chi connectivity index (χ0n) is 11.5. The zero-order chi connectivity index (χ0) is 11.7. The number of rotatable bonds is 4. The molecule has 1 heteroatoms. The molecule has 0 spiro atoms. The first-order chi connectivity index (χ1) is 8.33. The van der Waals surface area contributed by atoms with Crippen LogP contribution in [0.25, 0.3) is 0 Å². The van der Waals surface area contributed by atoms with Gasteiger partial charge in [-0.15, -0.1) is 0 Å². The van der Waals surface area contributed by atoms with E-state index in [9.17, 15) is 0 Å². The van der Waals surface area contributed by atoms with Crippen molar-refractivity contribution in [3.05, 3.63) is 0 Å². The van der Waals surface area contributed by atoms with Crippen LogP contribution in [0.5, 0.6) is 0 Å². The normalized spacial score (nSPS) is 37.2. The molecule has 1 N–H and O–H groups in total. The van der Waals surface area contributed by atoms with Crippen molar-refractivity contribution in [1.82, 2.24) is 5.32 Å². The Balaban J connectivity index is 1.46. The summed E-state index contributed by atoms with van der Waals surface area (Å²) in [6.07, 6.45) is 14.9. The van der Waals surface area contributed by atoms with Gasteiger partial charge in [-0.1, -0.05) is 25.7 Å². The Morgan fingerprint density at radius 2 is 1.59 bits per heavy atom. The van der Waals surface area contributed by atoms with Crippen molar-refractivity contribution >= 4 is 0 Å². The van der Waals surface area contributed by atoms with E-state index in [-0.39, 0.29) is 0 Å². The Morgan fingerprint density at radius 1 is 0.824 bits per heavy atom. The van der Waals surface area contributed by atoms with Gasteiger partial charge in [0.1, 0.15) is 0 Å². The van der Waals surface area contributed by atoms with Gasteiger partial charge in [0.05, 0.1) is 0 Å². The average Bonchev–Trinajstić information content (AvgIpc) is 3.04. The first kappa shape index (κ1) is 12.0. The fraction of sp³-hybridized carbons (Fsp3) is 1.00. The van der Waals surface area contributed by atoms with Crippen LogP contribution in [0.4, 0.5) is 0 Å². The molecule has 0 aromatic heterocycles. The van der Waals surface area contributed by atoms with Gasteiger partial charge in [-0.3, -0.25) is 0 Å². The average molecular weight is 235 g/mol. The lowest BCUT2D eigenvalue weighted by molar-refractivity contribution is 0.230. The van der Waals surface area contributed by atoms with Crippen LogP contribution in [0.15, 0.2) is 0 Å². The minimum absolute atomic E-state index is 0.778. The first-order valence-corrected chi connectivity index (χ1v) is 8.09. The van der Waals surface area contributed by atoms with E-state index in [1.54, 1.807) is 0 Å². The van der Waals surface area contributed by atoms with E-state index in [0.717, 1.165) is 29.8 Å². The SMILES string of the molecule is C[C@@H](NC1CCCC(C2CC2)C1)C1CCCC1. The lowest BCUT2D eigenvalue weighted by Crippen LogP contribution is -2.43. The third-order valence-corrected chi connectivity index (χ3v) is 5.61. The number of nitrogens with one attached hydrogen (secondary N) is 1. The van der Waals surface area contributed by atoms with Gasteiger partial charge in [-0.2, -0.15) is 0 Å². The lowest BCUT2D eigenvalue weighted by Gasteiger charge is -2.33. The fourth-order valence-electron chi connectivity index (χ4n) is 4.34. The van der Waals surface area contributed by atoms with Crippen LogP contribution in [-0.4, -0.2) is 12.1 Å². The molecule has 0 heterocycles. The smallest absolute Gasteiger partial charge is 0.00723 e.